The maximum atomic E-state index is 12.5. The molecule has 0 aliphatic heterocycles. The zero-order chi connectivity index (χ0) is 33.8. The number of aromatic hydroxyl groups is 2. The summed E-state index contributed by atoms with van der Waals surface area (Å²) in [6.07, 6.45) is 1.37. The Morgan fingerprint density at radius 3 is 1.13 bits per heavy atom. The van der Waals surface area contributed by atoms with Gasteiger partial charge in [-0.25, -0.2) is 9.59 Å². The van der Waals surface area contributed by atoms with Gasteiger partial charge in [0, 0.05) is 10.8 Å². The van der Waals surface area contributed by atoms with Gasteiger partial charge in [0.15, 0.2) is 11.5 Å². The highest BCUT2D eigenvalue weighted by Crippen LogP contribution is 2.35. The van der Waals surface area contributed by atoms with Crippen molar-refractivity contribution in [2.24, 2.45) is 10.8 Å². The molecule has 0 heterocycles. The van der Waals surface area contributed by atoms with Gasteiger partial charge in [0.25, 0.3) is 0 Å². The largest absolute Gasteiger partial charge is 0.505 e. The average molecular weight is 704 g/mol. The van der Waals surface area contributed by atoms with E-state index in [-0.39, 0.29) is 66.8 Å². The second-order valence-electron chi connectivity index (χ2n) is 12.8. The van der Waals surface area contributed by atoms with Crippen LogP contribution in [0.25, 0.3) is 11.1 Å². The topological polar surface area (TPSA) is 93.1 Å². The quantitative estimate of drug-likeness (QED) is 0.151. The van der Waals surface area contributed by atoms with Gasteiger partial charge >= 0.3 is 11.9 Å². The molecule has 0 unspecified atom stereocenters. The van der Waals surface area contributed by atoms with E-state index < -0.39 is 11.9 Å². The summed E-state index contributed by atoms with van der Waals surface area (Å²) in [5.41, 5.74) is 4.01. The van der Waals surface area contributed by atoms with Crippen LogP contribution in [0.4, 0.5) is 0 Å². The molecule has 0 aliphatic carbocycles. The molecule has 4 aromatic carbocycles. The molecule has 10 heteroatoms. The van der Waals surface area contributed by atoms with E-state index in [4.69, 9.17) is 55.9 Å². The van der Waals surface area contributed by atoms with Crippen LogP contribution in [-0.4, -0.2) is 35.4 Å². The van der Waals surface area contributed by atoms with Crippen LogP contribution >= 0.6 is 46.4 Å². The van der Waals surface area contributed by atoms with Crippen LogP contribution in [0.15, 0.2) is 72.8 Å². The molecule has 0 atom stereocenters. The highest BCUT2D eigenvalue weighted by atomic mass is 35.5. The van der Waals surface area contributed by atoms with Gasteiger partial charge in [0.05, 0.1) is 44.4 Å². The molecule has 0 saturated carbocycles. The molecular weight excluding hydrogens is 670 g/mol. The normalized spacial score (nSPS) is 11.7. The lowest BCUT2D eigenvalue weighted by Gasteiger charge is -2.25. The van der Waals surface area contributed by atoms with E-state index in [1.165, 1.54) is 24.3 Å². The third kappa shape index (κ3) is 9.32. The number of rotatable bonds is 11. The van der Waals surface area contributed by atoms with Crippen LogP contribution in [0.1, 0.15) is 59.5 Å². The number of phenols is 2. The third-order valence-electron chi connectivity index (χ3n) is 7.30. The van der Waals surface area contributed by atoms with Gasteiger partial charge in [-0.2, -0.15) is 0 Å². The summed E-state index contributed by atoms with van der Waals surface area (Å²) in [6, 6.07) is 21.9. The van der Waals surface area contributed by atoms with E-state index in [2.05, 4.69) is 48.5 Å². The number of phenolic OH excluding ortho intramolecular Hbond substituents is 2. The van der Waals surface area contributed by atoms with Crippen LogP contribution in [0.5, 0.6) is 11.5 Å². The molecule has 0 fully saturated rings. The first-order valence-electron chi connectivity index (χ1n) is 14.4. The number of carbonyl (C=O) groups is 2. The Labute approximate surface area is 288 Å². The summed E-state index contributed by atoms with van der Waals surface area (Å²) in [7, 11) is 0. The van der Waals surface area contributed by atoms with Crippen molar-refractivity contribution in [1.29, 1.82) is 0 Å². The minimum atomic E-state index is -0.565. The van der Waals surface area contributed by atoms with Crippen molar-refractivity contribution in [2.45, 2.75) is 40.5 Å². The summed E-state index contributed by atoms with van der Waals surface area (Å²) >= 11 is 23.7. The minimum Gasteiger partial charge on any atom is -0.505 e. The summed E-state index contributed by atoms with van der Waals surface area (Å²) in [4.78, 5) is 25.1. The van der Waals surface area contributed by atoms with Gasteiger partial charge in [0.2, 0.25) is 0 Å². The lowest BCUT2D eigenvalue weighted by atomic mass is 9.85. The predicted molar refractivity (Wildman–Crippen MR) is 184 cm³/mol. The van der Waals surface area contributed by atoms with E-state index in [0.29, 0.717) is 12.8 Å². The van der Waals surface area contributed by atoms with E-state index in [1.807, 2.05) is 27.7 Å². The monoisotopic (exact) mass is 702 g/mol. The molecule has 46 heavy (non-hydrogen) atoms. The molecule has 0 bridgehead atoms. The van der Waals surface area contributed by atoms with Crippen molar-refractivity contribution in [2.75, 3.05) is 13.2 Å². The van der Waals surface area contributed by atoms with Gasteiger partial charge in [-0.1, -0.05) is 123 Å². The number of hydrogen-bond acceptors (Lipinski definition) is 6. The van der Waals surface area contributed by atoms with Crippen molar-refractivity contribution in [3.63, 3.8) is 0 Å². The Morgan fingerprint density at radius 2 is 0.848 bits per heavy atom. The molecule has 6 nitrogen and oxygen atoms in total. The summed E-state index contributed by atoms with van der Waals surface area (Å²) in [5, 5.41) is 19.4. The standard InChI is InChI=1S/C36H34Cl4O6/c1-35(2,19-45-33(43)25-13-27(37)31(41)28(38)14-25)17-21-5-9-23(10-6-21)24-11-7-22(8-12-24)18-36(3,4)20-46-34(44)26-15-29(39)32(42)30(40)16-26/h5-16,41-42H,17-20H2,1-4H3. The van der Waals surface area contributed by atoms with Gasteiger partial charge in [-0.3, -0.25) is 0 Å². The van der Waals surface area contributed by atoms with E-state index in [1.54, 1.807) is 0 Å². The smallest absolute Gasteiger partial charge is 0.338 e. The Morgan fingerprint density at radius 1 is 0.565 bits per heavy atom. The molecule has 0 amide bonds. The average Bonchev–Trinajstić information content (AvgIpc) is 3.00. The summed E-state index contributed by atoms with van der Waals surface area (Å²) in [5.74, 6) is -1.68. The molecule has 242 valence electrons. The highest BCUT2D eigenvalue weighted by molar-refractivity contribution is 6.38. The third-order valence-corrected chi connectivity index (χ3v) is 8.45. The highest BCUT2D eigenvalue weighted by Gasteiger charge is 2.24. The molecular formula is C36H34Cl4O6. The molecule has 0 saturated heterocycles. The van der Waals surface area contributed by atoms with Gasteiger partial charge in [-0.05, 0) is 59.4 Å². The van der Waals surface area contributed by atoms with Crippen molar-refractivity contribution in [3.8, 4) is 22.6 Å². The molecule has 0 radical (unpaired) electrons. The first-order valence-corrected chi connectivity index (χ1v) is 15.9. The predicted octanol–water partition coefficient (Wildman–Crippen LogP) is 10.2. The Kier molecular flexibility index (Phi) is 11.2. The molecule has 0 aromatic heterocycles. The first-order chi connectivity index (χ1) is 21.5. The fourth-order valence-corrected chi connectivity index (χ4v) is 5.87. The maximum absolute atomic E-state index is 12.5. The van der Waals surface area contributed by atoms with Crippen molar-refractivity contribution < 1.29 is 29.3 Å². The van der Waals surface area contributed by atoms with Gasteiger partial charge < -0.3 is 19.7 Å². The lowest BCUT2D eigenvalue weighted by molar-refractivity contribution is 0.0335. The number of halogens is 4. The van der Waals surface area contributed by atoms with Crippen molar-refractivity contribution in [1.82, 2.24) is 0 Å². The van der Waals surface area contributed by atoms with Gasteiger partial charge in [-0.15, -0.1) is 0 Å². The zero-order valence-corrected chi connectivity index (χ0v) is 28.8. The lowest BCUT2D eigenvalue weighted by Crippen LogP contribution is -2.24. The van der Waals surface area contributed by atoms with Crippen LogP contribution in [0.3, 0.4) is 0 Å². The molecule has 4 aromatic rings. The van der Waals surface area contributed by atoms with Crippen LogP contribution < -0.4 is 0 Å². The number of ether oxygens (including phenoxy) is 2. The second kappa shape index (κ2) is 14.6. The maximum Gasteiger partial charge on any atom is 0.338 e. The fraction of sp³-hybridized carbons (Fsp3) is 0.278. The SMILES string of the molecule is CC(C)(COC(=O)c1cc(Cl)c(O)c(Cl)c1)Cc1ccc(-c2ccc(CC(C)(C)COC(=O)c3cc(Cl)c(O)c(Cl)c3)cc2)cc1. The second-order valence-corrected chi connectivity index (χ2v) is 14.4. The first kappa shape index (κ1) is 35.4. The minimum absolute atomic E-state index is 0.0134. The Balaban J connectivity index is 1.30. The van der Waals surface area contributed by atoms with Crippen LogP contribution in [-0.2, 0) is 22.3 Å². The molecule has 4 rings (SSSR count). The molecule has 0 aliphatic rings. The zero-order valence-electron chi connectivity index (χ0n) is 25.8. The van der Waals surface area contributed by atoms with Crippen molar-refractivity contribution in [3.05, 3.63) is 115 Å². The molecule has 2 N–H and O–H groups in total. The van der Waals surface area contributed by atoms with E-state index in [9.17, 15) is 19.8 Å². The molecule has 0 spiro atoms. The number of carbonyl (C=O) groups excluding carboxylic acids is 2. The Bertz CT molecular complexity index is 1560. The fourth-order valence-electron chi connectivity index (χ4n) is 4.89. The van der Waals surface area contributed by atoms with Crippen molar-refractivity contribution >= 4 is 58.3 Å². The van der Waals surface area contributed by atoms with E-state index in [0.717, 1.165) is 22.3 Å². The van der Waals surface area contributed by atoms with Crippen LogP contribution in [0, 0.1) is 10.8 Å². The van der Waals surface area contributed by atoms with Crippen LogP contribution in [0.2, 0.25) is 20.1 Å². The number of benzene rings is 4. The number of esters is 2. The summed E-state index contributed by atoms with van der Waals surface area (Å²) < 4.78 is 11.1. The summed E-state index contributed by atoms with van der Waals surface area (Å²) in [6.45, 7) is 8.44. The van der Waals surface area contributed by atoms with E-state index >= 15 is 0 Å². The number of hydrogen-bond donors (Lipinski definition) is 2. The Hall–Kier alpha value is -3.42. The van der Waals surface area contributed by atoms with Gasteiger partial charge in [0.1, 0.15) is 0 Å².